The molecule has 46 heavy (non-hydrogen) atoms. The predicted octanol–water partition coefficient (Wildman–Crippen LogP) is 1.69. The van der Waals surface area contributed by atoms with E-state index in [0.717, 1.165) is 10.9 Å². The zero-order valence-electron chi connectivity index (χ0n) is 22.7. The summed E-state index contributed by atoms with van der Waals surface area (Å²) in [5.41, 5.74) is 7.29. The Bertz CT molecular complexity index is 2000. The minimum Gasteiger partial charge on any atom is -0.397 e. The summed E-state index contributed by atoms with van der Waals surface area (Å²) >= 11 is 14.7. The SMILES string of the molecule is Nc1nc2c(ncn2[C@@H]2O[C@@H]3COP(O)(=S)O[C@H]4[C@H](F)[C@H](n5cnc6c(N)ccnc65)O[C@@H]4COP(=S)(S)O[C@@H]2C3(F)F)c(=O)[nH]1. The molecular weight excluding hydrogens is 721 g/mol. The molecule has 4 aromatic rings. The fraction of sp³-hybridized carbons (Fsp3) is 0.476. The highest BCUT2D eigenvalue weighted by Crippen LogP contribution is 2.61. The molecule has 25 heteroatoms. The van der Waals surface area contributed by atoms with Crippen LogP contribution in [-0.4, -0.2) is 88.7 Å². The van der Waals surface area contributed by atoms with Crippen LogP contribution in [-0.2, 0) is 51.2 Å². The summed E-state index contributed by atoms with van der Waals surface area (Å²) < 4.78 is 83.8. The van der Waals surface area contributed by atoms with Gasteiger partial charge in [0, 0.05) is 6.20 Å². The molecule has 4 aromatic heterocycles. The minimum absolute atomic E-state index is 0.192. The number of hydrogen-bond donors (Lipinski definition) is 5. The molecule has 0 aliphatic carbocycles. The van der Waals surface area contributed by atoms with E-state index in [1.165, 1.54) is 23.2 Å². The number of H-pyrrole nitrogens is 1. The molecule has 9 atom stereocenters. The average molecular weight is 744 g/mol. The van der Waals surface area contributed by atoms with Crippen molar-refractivity contribution < 1.29 is 45.6 Å². The summed E-state index contributed by atoms with van der Waals surface area (Å²) in [5, 5.41) is 0. The van der Waals surface area contributed by atoms with Crippen molar-refractivity contribution in [2.24, 2.45) is 0 Å². The van der Waals surface area contributed by atoms with E-state index in [9.17, 15) is 9.69 Å². The third-order valence-corrected chi connectivity index (χ3v) is 11.2. The molecule has 3 aliphatic rings. The lowest BCUT2D eigenvalue weighted by molar-refractivity contribution is -0.116. The van der Waals surface area contributed by atoms with Crippen molar-refractivity contribution in [1.82, 2.24) is 34.1 Å². The molecule has 0 saturated carbocycles. The van der Waals surface area contributed by atoms with Gasteiger partial charge in [-0.1, -0.05) is 12.2 Å². The summed E-state index contributed by atoms with van der Waals surface area (Å²) in [5.74, 6) is -4.21. The number of pyridine rings is 1. The molecule has 2 unspecified atom stereocenters. The van der Waals surface area contributed by atoms with Crippen LogP contribution in [0.15, 0.2) is 29.7 Å². The van der Waals surface area contributed by atoms with Gasteiger partial charge >= 0.3 is 12.6 Å². The van der Waals surface area contributed by atoms with E-state index in [-0.39, 0.29) is 34.0 Å². The lowest BCUT2D eigenvalue weighted by atomic mass is 10.1. The number of nitrogens with one attached hydrogen (secondary N) is 1. The highest BCUT2D eigenvalue weighted by molar-refractivity contribution is 8.60. The number of thiol groups is 1. The maximum absolute atomic E-state index is 16.1. The van der Waals surface area contributed by atoms with Gasteiger partial charge in [0.25, 0.3) is 5.56 Å². The lowest BCUT2D eigenvalue weighted by Gasteiger charge is -2.29. The fourth-order valence-electron chi connectivity index (χ4n) is 5.32. The number of fused-ring (bicyclic) bond motifs is 5. The van der Waals surface area contributed by atoms with Crippen LogP contribution in [0.4, 0.5) is 24.8 Å². The first-order chi connectivity index (χ1) is 21.6. The number of hydrogen-bond acceptors (Lipinski definition) is 15. The Morgan fingerprint density at radius 3 is 2.52 bits per heavy atom. The number of nitrogen functional groups attached to an aromatic ring is 2. The monoisotopic (exact) mass is 743 g/mol. The molecule has 0 aromatic carbocycles. The average Bonchev–Trinajstić information content (AvgIpc) is 3.71. The minimum atomic E-state index is -4.46. The number of nitrogens with two attached hydrogens (primary N) is 2. The molecule has 7 heterocycles. The van der Waals surface area contributed by atoms with Gasteiger partial charge in [-0.15, -0.1) is 0 Å². The summed E-state index contributed by atoms with van der Waals surface area (Å²) in [6.45, 7) is -6.10. The van der Waals surface area contributed by atoms with Gasteiger partial charge in [-0.3, -0.25) is 23.4 Å². The third-order valence-electron chi connectivity index (χ3n) is 7.42. The maximum atomic E-state index is 16.1. The summed E-state index contributed by atoms with van der Waals surface area (Å²) in [4.78, 5) is 41.8. The van der Waals surface area contributed by atoms with E-state index in [1.807, 2.05) is 0 Å². The number of ether oxygens (including phenoxy) is 2. The maximum Gasteiger partial charge on any atom is 0.325 e. The molecule has 3 fully saturated rings. The molecule has 248 valence electrons. The molecular formula is C21H22F3N9O8P2S3. The van der Waals surface area contributed by atoms with E-state index >= 15 is 13.2 Å². The number of rotatable bonds is 2. The lowest BCUT2D eigenvalue weighted by Crippen LogP contribution is -2.42. The van der Waals surface area contributed by atoms with E-state index in [4.69, 9.17) is 62.6 Å². The van der Waals surface area contributed by atoms with Crippen molar-refractivity contribution in [1.29, 1.82) is 0 Å². The number of imidazole rings is 2. The van der Waals surface area contributed by atoms with Gasteiger partial charge in [0.15, 0.2) is 47.6 Å². The first kappa shape index (κ1) is 32.3. The molecule has 0 spiro atoms. The Balaban J connectivity index is 1.23. The van der Waals surface area contributed by atoms with Gasteiger partial charge in [0.05, 0.1) is 31.6 Å². The first-order valence-electron chi connectivity index (χ1n) is 13.1. The van der Waals surface area contributed by atoms with Gasteiger partial charge < -0.3 is 39.4 Å². The van der Waals surface area contributed by atoms with Gasteiger partial charge in [0.1, 0.15) is 17.7 Å². The quantitative estimate of drug-likeness (QED) is 0.146. The summed E-state index contributed by atoms with van der Waals surface area (Å²) in [6, 6.07) is 1.51. The number of aromatic amines is 1. The van der Waals surface area contributed by atoms with Crippen LogP contribution >= 0.6 is 24.7 Å². The number of nitrogens with zero attached hydrogens (tertiary/aromatic N) is 6. The molecule has 6 N–H and O–H groups in total. The Morgan fingerprint density at radius 2 is 1.76 bits per heavy atom. The fourth-order valence-corrected chi connectivity index (χ4v) is 8.64. The van der Waals surface area contributed by atoms with Crippen LogP contribution in [0, 0.1) is 0 Å². The zero-order chi connectivity index (χ0) is 32.8. The van der Waals surface area contributed by atoms with Crippen LogP contribution < -0.4 is 17.0 Å². The molecule has 17 nitrogen and oxygen atoms in total. The number of halogens is 3. The van der Waals surface area contributed by atoms with E-state index in [1.54, 1.807) is 0 Å². The molecule has 7 rings (SSSR count). The molecule has 2 bridgehead atoms. The topological polar surface area (TPSA) is 222 Å². The normalized spacial score (nSPS) is 36.7. The largest absolute Gasteiger partial charge is 0.397 e. The van der Waals surface area contributed by atoms with Gasteiger partial charge in [-0.05, 0) is 29.7 Å². The van der Waals surface area contributed by atoms with Gasteiger partial charge in [-0.2, -0.15) is 4.98 Å². The van der Waals surface area contributed by atoms with Crippen LogP contribution in [0.5, 0.6) is 0 Å². The van der Waals surface area contributed by atoms with Crippen LogP contribution in [0.25, 0.3) is 22.3 Å². The zero-order valence-corrected chi connectivity index (χ0v) is 27.0. The van der Waals surface area contributed by atoms with Crippen molar-refractivity contribution in [2.45, 2.75) is 49.0 Å². The first-order valence-corrected chi connectivity index (χ1v) is 19.5. The van der Waals surface area contributed by atoms with Crippen molar-refractivity contribution in [3.63, 3.8) is 0 Å². The Morgan fingerprint density at radius 1 is 1.04 bits per heavy atom. The third kappa shape index (κ3) is 5.55. The smallest absolute Gasteiger partial charge is 0.325 e. The van der Waals surface area contributed by atoms with Crippen LogP contribution in [0.3, 0.4) is 0 Å². The van der Waals surface area contributed by atoms with Crippen molar-refractivity contribution >= 4 is 82.2 Å². The van der Waals surface area contributed by atoms with E-state index in [0.29, 0.717) is 0 Å². The Kier molecular flexibility index (Phi) is 8.01. The van der Waals surface area contributed by atoms with Crippen molar-refractivity contribution in [2.75, 3.05) is 24.7 Å². The van der Waals surface area contributed by atoms with E-state index < -0.39 is 80.2 Å². The van der Waals surface area contributed by atoms with Crippen LogP contribution in [0.1, 0.15) is 12.5 Å². The molecule has 3 saturated heterocycles. The van der Waals surface area contributed by atoms with Gasteiger partial charge in [-0.25, -0.2) is 28.1 Å². The van der Waals surface area contributed by atoms with E-state index in [2.05, 4.69) is 37.2 Å². The summed E-state index contributed by atoms with van der Waals surface area (Å²) in [6.07, 6.45) is -8.84. The second kappa shape index (κ2) is 11.4. The predicted molar refractivity (Wildman–Crippen MR) is 164 cm³/mol. The highest BCUT2D eigenvalue weighted by atomic mass is 32.9. The second-order valence-corrected chi connectivity index (χ2v) is 18.4. The molecule has 0 amide bonds. The highest BCUT2D eigenvalue weighted by Gasteiger charge is 2.63. The van der Waals surface area contributed by atoms with Gasteiger partial charge in [0.2, 0.25) is 11.6 Å². The number of anilines is 2. The molecule has 3 aliphatic heterocycles. The standard InChI is InChI=1S/C21H22F3N9O8P2S3/c22-10-13-8(38-18(10)32-5-28-11-7(25)1-2-27-15(11)32)3-37-43(45,46)41-14-19(33-6-29-12-16(33)30-20(26)31-17(12)34)39-9(21(14,23)24)4-36-42(35,44)40-13/h1-2,5-6,8-10,13-14,18-19H,3-4H2,(H2,25,27)(H,35,44)(H,45,46)(H3,26,30,31,34)/t8-,9-,10+,13-,14+,18-,19-,42?/m1/s1. The molecule has 0 radical (unpaired) electrons. The summed E-state index contributed by atoms with van der Waals surface area (Å²) in [7, 11) is 0. The van der Waals surface area contributed by atoms with Crippen LogP contribution in [0.2, 0.25) is 0 Å². The Labute approximate surface area is 270 Å². The van der Waals surface area contributed by atoms with Crippen molar-refractivity contribution in [3.8, 4) is 0 Å². The Hall–Kier alpha value is -2.27. The number of aromatic nitrogens is 7. The number of alkyl halides is 3. The van der Waals surface area contributed by atoms with Crippen molar-refractivity contribution in [3.05, 3.63) is 35.3 Å². The second-order valence-electron chi connectivity index (χ2n) is 10.3.